The van der Waals surface area contributed by atoms with Crippen LogP contribution in [0.25, 0.3) is 0 Å². The normalized spacial score (nSPS) is 30.3. The number of nitrogens with one attached hydrogen (secondary N) is 1. The molecule has 0 aromatic carbocycles. The van der Waals surface area contributed by atoms with Gasteiger partial charge in [-0.2, -0.15) is 0 Å². The molecule has 2 atom stereocenters. The first kappa shape index (κ1) is 9.58. The Morgan fingerprint density at radius 3 is 3.21 bits per heavy atom. The van der Waals surface area contributed by atoms with E-state index in [0.717, 1.165) is 18.7 Å². The van der Waals surface area contributed by atoms with Gasteiger partial charge < -0.3 is 10.2 Å². The molecule has 0 aliphatic carbocycles. The van der Waals surface area contributed by atoms with Crippen molar-refractivity contribution >= 4 is 23.6 Å². The summed E-state index contributed by atoms with van der Waals surface area (Å²) >= 11 is 1.73. The minimum Gasteiger partial charge on any atom is -0.338 e. The summed E-state index contributed by atoms with van der Waals surface area (Å²) < 4.78 is 0. The summed E-state index contributed by atoms with van der Waals surface area (Å²) in [7, 11) is 0. The number of rotatable bonds is 2. The molecule has 2 amide bonds. The second-order valence-corrected chi connectivity index (χ2v) is 4.56. The van der Waals surface area contributed by atoms with Gasteiger partial charge in [-0.25, -0.2) is 0 Å². The molecular weight excluding hydrogens is 200 g/mol. The summed E-state index contributed by atoms with van der Waals surface area (Å²) in [4.78, 5) is 24.4. The van der Waals surface area contributed by atoms with E-state index in [4.69, 9.17) is 0 Å². The van der Waals surface area contributed by atoms with E-state index in [1.54, 1.807) is 11.8 Å². The Morgan fingerprint density at radius 2 is 2.50 bits per heavy atom. The molecule has 2 rings (SSSR count). The molecule has 0 saturated carbocycles. The molecule has 14 heavy (non-hydrogen) atoms. The van der Waals surface area contributed by atoms with Crippen LogP contribution >= 0.6 is 11.8 Å². The highest BCUT2D eigenvalue weighted by Gasteiger charge is 2.49. The molecule has 2 fully saturated rings. The van der Waals surface area contributed by atoms with Crippen molar-refractivity contribution in [1.82, 2.24) is 10.2 Å². The maximum atomic E-state index is 11.5. The van der Waals surface area contributed by atoms with Crippen molar-refractivity contribution in [1.29, 1.82) is 0 Å². The molecule has 76 valence electrons. The van der Waals surface area contributed by atoms with Gasteiger partial charge in [-0.1, -0.05) is 6.58 Å². The zero-order valence-electron chi connectivity index (χ0n) is 7.73. The number of amides is 2. The van der Waals surface area contributed by atoms with Crippen LogP contribution in [0.15, 0.2) is 12.7 Å². The number of fused-ring (bicyclic) bond motifs is 1. The third kappa shape index (κ3) is 1.41. The summed E-state index contributed by atoms with van der Waals surface area (Å²) in [6.07, 6.45) is 2.25. The molecule has 0 bridgehead atoms. The Bertz CT molecular complexity index is 293. The standard InChI is InChI=1S/C9H12N2O2S/c1-2-6(12)10-7-8(13)11-4-3-5-14-9(7)11/h2,7,9H,1,3-5H2,(H,10,12)/t7?,9-/m1/s1. The lowest BCUT2D eigenvalue weighted by Gasteiger charge is -2.49. The Labute approximate surface area is 86.7 Å². The molecule has 2 aliphatic heterocycles. The fourth-order valence-electron chi connectivity index (χ4n) is 1.73. The minimum absolute atomic E-state index is 0.0393. The lowest BCUT2D eigenvalue weighted by molar-refractivity contribution is -0.148. The molecule has 0 aromatic heterocycles. The smallest absolute Gasteiger partial charge is 0.249 e. The molecule has 0 spiro atoms. The van der Waals surface area contributed by atoms with Crippen molar-refractivity contribution in [2.24, 2.45) is 0 Å². The van der Waals surface area contributed by atoms with Gasteiger partial charge >= 0.3 is 0 Å². The zero-order valence-corrected chi connectivity index (χ0v) is 8.55. The van der Waals surface area contributed by atoms with Crippen molar-refractivity contribution in [3.8, 4) is 0 Å². The van der Waals surface area contributed by atoms with Crippen molar-refractivity contribution in [3.05, 3.63) is 12.7 Å². The van der Waals surface area contributed by atoms with Gasteiger partial charge in [0.05, 0.1) is 0 Å². The van der Waals surface area contributed by atoms with E-state index >= 15 is 0 Å². The Balaban J connectivity index is 1.97. The maximum Gasteiger partial charge on any atom is 0.249 e. The molecule has 4 nitrogen and oxygen atoms in total. The van der Waals surface area contributed by atoms with E-state index in [9.17, 15) is 9.59 Å². The first-order valence-corrected chi connectivity index (χ1v) is 5.64. The van der Waals surface area contributed by atoms with E-state index in [2.05, 4.69) is 11.9 Å². The van der Waals surface area contributed by atoms with Crippen LogP contribution in [0.5, 0.6) is 0 Å². The Morgan fingerprint density at radius 1 is 1.71 bits per heavy atom. The predicted molar refractivity (Wildman–Crippen MR) is 54.7 cm³/mol. The molecule has 0 aromatic rings. The van der Waals surface area contributed by atoms with E-state index in [1.165, 1.54) is 6.08 Å². The fraction of sp³-hybridized carbons (Fsp3) is 0.556. The monoisotopic (exact) mass is 212 g/mol. The Kier molecular flexibility index (Phi) is 2.50. The van der Waals surface area contributed by atoms with E-state index in [1.807, 2.05) is 4.90 Å². The van der Waals surface area contributed by atoms with Gasteiger partial charge in [0, 0.05) is 6.54 Å². The maximum absolute atomic E-state index is 11.5. The summed E-state index contributed by atoms with van der Waals surface area (Å²) in [6, 6.07) is -0.328. The second kappa shape index (κ2) is 3.65. The average Bonchev–Trinajstić information content (AvgIpc) is 2.25. The highest BCUT2D eigenvalue weighted by Crippen LogP contribution is 2.34. The zero-order chi connectivity index (χ0) is 10.1. The van der Waals surface area contributed by atoms with Crippen molar-refractivity contribution < 1.29 is 9.59 Å². The number of nitrogens with zero attached hydrogens (tertiary/aromatic N) is 1. The van der Waals surface area contributed by atoms with Crippen molar-refractivity contribution in [2.75, 3.05) is 12.3 Å². The molecule has 1 N–H and O–H groups in total. The largest absolute Gasteiger partial charge is 0.338 e. The van der Waals surface area contributed by atoms with Gasteiger partial charge in [-0.15, -0.1) is 11.8 Å². The fourth-order valence-corrected chi connectivity index (χ4v) is 3.04. The van der Waals surface area contributed by atoms with Crippen LogP contribution in [0.1, 0.15) is 6.42 Å². The summed E-state index contributed by atoms with van der Waals surface area (Å²) in [5.74, 6) is 0.834. The van der Waals surface area contributed by atoms with Crippen LogP contribution in [-0.4, -0.2) is 40.4 Å². The van der Waals surface area contributed by atoms with E-state index in [0.29, 0.717) is 0 Å². The van der Waals surface area contributed by atoms with Gasteiger partial charge in [0.2, 0.25) is 11.8 Å². The van der Waals surface area contributed by atoms with Gasteiger partial charge in [-0.3, -0.25) is 9.59 Å². The number of hydrogen-bond donors (Lipinski definition) is 1. The molecule has 1 unspecified atom stereocenters. The number of hydrogen-bond acceptors (Lipinski definition) is 3. The van der Waals surface area contributed by atoms with E-state index in [-0.39, 0.29) is 23.2 Å². The van der Waals surface area contributed by atoms with Crippen LogP contribution < -0.4 is 5.32 Å². The SMILES string of the molecule is C=CC(=O)NC1C(=O)N2CCCS[C@H]12. The van der Waals surface area contributed by atoms with Crippen LogP contribution in [0, 0.1) is 0 Å². The molecule has 0 radical (unpaired) electrons. The molecule has 2 saturated heterocycles. The number of thioether (sulfide) groups is 1. The highest BCUT2D eigenvalue weighted by molar-refractivity contribution is 8.00. The molecular formula is C9H12N2O2S. The van der Waals surface area contributed by atoms with Gasteiger partial charge in [0.15, 0.2) is 0 Å². The van der Waals surface area contributed by atoms with Crippen LogP contribution in [0.4, 0.5) is 0 Å². The predicted octanol–water partition coefficient (Wildman–Crippen LogP) is -0.0376. The lowest BCUT2D eigenvalue weighted by Crippen LogP contribution is -2.70. The van der Waals surface area contributed by atoms with Crippen molar-refractivity contribution in [3.63, 3.8) is 0 Å². The number of carbonyl (C=O) groups is 2. The average molecular weight is 212 g/mol. The highest BCUT2D eigenvalue weighted by atomic mass is 32.2. The topological polar surface area (TPSA) is 49.4 Å². The van der Waals surface area contributed by atoms with Gasteiger partial charge in [0.25, 0.3) is 0 Å². The minimum atomic E-state index is -0.328. The van der Waals surface area contributed by atoms with Gasteiger partial charge in [0.1, 0.15) is 11.4 Å². The molecule has 2 heterocycles. The van der Waals surface area contributed by atoms with Crippen LogP contribution in [-0.2, 0) is 9.59 Å². The molecule has 2 aliphatic rings. The summed E-state index contributed by atoms with van der Waals surface area (Å²) in [6.45, 7) is 4.19. The van der Waals surface area contributed by atoms with Gasteiger partial charge in [-0.05, 0) is 18.2 Å². The quantitative estimate of drug-likeness (QED) is 0.516. The molecule has 5 heteroatoms. The third-order valence-corrected chi connectivity index (χ3v) is 3.85. The van der Waals surface area contributed by atoms with Crippen LogP contribution in [0.3, 0.4) is 0 Å². The van der Waals surface area contributed by atoms with Crippen LogP contribution in [0.2, 0.25) is 0 Å². The first-order valence-electron chi connectivity index (χ1n) is 4.59. The lowest BCUT2D eigenvalue weighted by atomic mass is 10.1. The third-order valence-electron chi connectivity index (χ3n) is 2.46. The summed E-state index contributed by atoms with van der Waals surface area (Å²) in [5.41, 5.74) is 0. The van der Waals surface area contributed by atoms with Crippen molar-refractivity contribution in [2.45, 2.75) is 17.8 Å². The first-order chi connectivity index (χ1) is 6.74. The Hall–Kier alpha value is -0.970. The second-order valence-electron chi connectivity index (χ2n) is 3.34. The number of β-lactam (4-membered cyclic amide) rings is 1. The van der Waals surface area contributed by atoms with E-state index < -0.39 is 0 Å². The number of carbonyl (C=O) groups excluding carboxylic acids is 2. The summed E-state index contributed by atoms with van der Waals surface area (Å²) in [5, 5.41) is 2.80.